The fraction of sp³-hybridized carbons (Fsp3) is 0.741. The number of hydrogen-bond donors (Lipinski definition) is 0. The van der Waals surface area contributed by atoms with E-state index in [1.807, 2.05) is 12.1 Å². The third-order valence-corrected chi connectivity index (χ3v) is 5.71. The Bertz CT molecular complexity index is 492. The zero-order chi connectivity index (χ0) is 21.0. The lowest BCUT2D eigenvalue weighted by Crippen LogP contribution is -2.07. The van der Waals surface area contributed by atoms with Crippen molar-refractivity contribution in [3.8, 4) is 5.75 Å². The molecule has 166 valence electrons. The van der Waals surface area contributed by atoms with E-state index in [2.05, 4.69) is 26.0 Å². The van der Waals surface area contributed by atoms with Gasteiger partial charge >= 0.3 is 5.97 Å². The fourth-order valence-corrected chi connectivity index (χ4v) is 3.77. The Morgan fingerprint density at radius 3 is 1.59 bits per heavy atom. The number of benzene rings is 1. The third-order valence-electron chi connectivity index (χ3n) is 5.71. The predicted molar refractivity (Wildman–Crippen MR) is 126 cm³/mol. The lowest BCUT2D eigenvalue weighted by atomic mass is 10.0. The molecule has 0 aliphatic rings. The first-order valence-electron chi connectivity index (χ1n) is 12.6. The zero-order valence-corrected chi connectivity index (χ0v) is 19.4. The van der Waals surface area contributed by atoms with Gasteiger partial charge in [0.25, 0.3) is 0 Å². The Hall–Kier alpha value is -1.31. The monoisotopic (exact) mass is 402 g/mol. The van der Waals surface area contributed by atoms with Gasteiger partial charge in [0.2, 0.25) is 0 Å². The van der Waals surface area contributed by atoms with E-state index in [4.69, 9.17) is 4.74 Å². The quantitative estimate of drug-likeness (QED) is 0.131. The molecule has 0 aliphatic carbocycles. The Morgan fingerprint density at radius 2 is 1.07 bits per heavy atom. The highest BCUT2D eigenvalue weighted by Crippen LogP contribution is 2.17. The van der Waals surface area contributed by atoms with Gasteiger partial charge in [-0.05, 0) is 37.0 Å². The highest BCUT2D eigenvalue weighted by molar-refractivity contribution is 5.72. The van der Waals surface area contributed by atoms with Gasteiger partial charge in [-0.15, -0.1) is 0 Å². The number of rotatable bonds is 19. The Kier molecular flexibility index (Phi) is 16.6. The molecule has 0 fully saturated rings. The molecule has 0 aromatic heterocycles. The Balaban J connectivity index is 2.03. The average molecular weight is 403 g/mol. The second-order valence-corrected chi connectivity index (χ2v) is 8.57. The summed E-state index contributed by atoms with van der Waals surface area (Å²) in [5, 5.41) is 0. The van der Waals surface area contributed by atoms with Crippen LogP contribution in [0, 0.1) is 0 Å². The van der Waals surface area contributed by atoms with Gasteiger partial charge < -0.3 is 4.74 Å². The van der Waals surface area contributed by atoms with Crippen LogP contribution in [0.25, 0.3) is 0 Å². The largest absolute Gasteiger partial charge is 0.427 e. The molecule has 0 radical (unpaired) electrons. The van der Waals surface area contributed by atoms with Crippen LogP contribution in [-0.2, 0) is 11.2 Å². The van der Waals surface area contributed by atoms with E-state index in [-0.39, 0.29) is 5.97 Å². The average Bonchev–Trinajstić information content (AvgIpc) is 2.73. The number of hydrogen-bond acceptors (Lipinski definition) is 2. The van der Waals surface area contributed by atoms with Crippen LogP contribution >= 0.6 is 0 Å². The van der Waals surface area contributed by atoms with Gasteiger partial charge in [0.15, 0.2) is 0 Å². The molecule has 1 rings (SSSR count). The summed E-state index contributed by atoms with van der Waals surface area (Å²) in [5.74, 6) is 0.599. The standard InChI is InChI=1S/C27H46O2/c1-3-5-7-9-11-12-14-16-18-20-27(28)29-26-23-21-25(22-24-26)19-17-15-13-10-8-6-4-2/h21-24H,3-20H2,1-2H3. The van der Waals surface area contributed by atoms with Crippen molar-refractivity contribution in [1.82, 2.24) is 0 Å². The lowest BCUT2D eigenvalue weighted by Gasteiger charge is -2.06. The van der Waals surface area contributed by atoms with E-state index in [0.717, 1.165) is 19.3 Å². The summed E-state index contributed by atoms with van der Waals surface area (Å²) in [5.41, 5.74) is 1.34. The molecule has 0 atom stereocenters. The summed E-state index contributed by atoms with van der Waals surface area (Å²) >= 11 is 0. The first kappa shape index (κ1) is 25.7. The first-order chi connectivity index (χ1) is 14.3. The van der Waals surface area contributed by atoms with Crippen molar-refractivity contribution >= 4 is 5.97 Å². The number of esters is 1. The van der Waals surface area contributed by atoms with Gasteiger partial charge in [-0.1, -0.05) is 116 Å². The topological polar surface area (TPSA) is 26.3 Å². The van der Waals surface area contributed by atoms with Crippen LogP contribution < -0.4 is 4.74 Å². The first-order valence-corrected chi connectivity index (χ1v) is 12.6. The number of carbonyl (C=O) groups excluding carboxylic acids is 1. The molecule has 0 amide bonds. The van der Waals surface area contributed by atoms with E-state index in [1.54, 1.807) is 0 Å². The number of aryl methyl sites for hydroxylation is 1. The van der Waals surface area contributed by atoms with Crippen LogP contribution in [0.3, 0.4) is 0 Å². The summed E-state index contributed by atoms with van der Waals surface area (Å²) in [6, 6.07) is 8.12. The van der Waals surface area contributed by atoms with Crippen molar-refractivity contribution in [2.75, 3.05) is 0 Å². The SMILES string of the molecule is CCCCCCCCCCCC(=O)Oc1ccc(CCCCCCCCC)cc1. The van der Waals surface area contributed by atoms with Crippen molar-refractivity contribution in [3.63, 3.8) is 0 Å². The molecular formula is C27H46O2. The maximum Gasteiger partial charge on any atom is 0.311 e. The zero-order valence-electron chi connectivity index (χ0n) is 19.4. The van der Waals surface area contributed by atoms with Crippen LogP contribution in [0.4, 0.5) is 0 Å². The van der Waals surface area contributed by atoms with Crippen molar-refractivity contribution in [1.29, 1.82) is 0 Å². The highest BCUT2D eigenvalue weighted by atomic mass is 16.5. The second kappa shape index (κ2) is 18.7. The second-order valence-electron chi connectivity index (χ2n) is 8.57. The van der Waals surface area contributed by atoms with Crippen LogP contribution in [0.15, 0.2) is 24.3 Å². The Morgan fingerprint density at radius 1 is 0.621 bits per heavy atom. The van der Waals surface area contributed by atoms with Crippen molar-refractivity contribution in [2.24, 2.45) is 0 Å². The molecule has 29 heavy (non-hydrogen) atoms. The van der Waals surface area contributed by atoms with E-state index in [9.17, 15) is 4.79 Å². The van der Waals surface area contributed by atoms with Crippen LogP contribution in [0.1, 0.15) is 129 Å². The number of ether oxygens (including phenoxy) is 1. The predicted octanol–water partition coefficient (Wildman–Crippen LogP) is 8.81. The maximum atomic E-state index is 12.0. The minimum Gasteiger partial charge on any atom is -0.427 e. The van der Waals surface area contributed by atoms with Gasteiger partial charge in [-0.3, -0.25) is 4.79 Å². The van der Waals surface area contributed by atoms with Crippen LogP contribution in [0.5, 0.6) is 5.75 Å². The van der Waals surface area contributed by atoms with Gasteiger partial charge in [0, 0.05) is 6.42 Å². The summed E-state index contributed by atoms with van der Waals surface area (Å²) in [7, 11) is 0. The molecule has 1 aromatic rings. The molecule has 0 aliphatic heterocycles. The summed E-state index contributed by atoms with van der Waals surface area (Å²) in [6.07, 6.45) is 22.4. The molecule has 2 heteroatoms. The number of carbonyl (C=O) groups is 1. The summed E-state index contributed by atoms with van der Waals surface area (Å²) in [6.45, 7) is 4.52. The third kappa shape index (κ3) is 15.2. The molecule has 1 aromatic carbocycles. The lowest BCUT2D eigenvalue weighted by molar-refractivity contribution is -0.134. The van der Waals surface area contributed by atoms with Crippen molar-refractivity contribution < 1.29 is 9.53 Å². The smallest absolute Gasteiger partial charge is 0.311 e. The molecule has 0 N–H and O–H groups in total. The molecule has 0 bridgehead atoms. The molecule has 0 unspecified atom stereocenters. The van der Waals surface area contributed by atoms with Crippen LogP contribution in [0.2, 0.25) is 0 Å². The van der Waals surface area contributed by atoms with Crippen molar-refractivity contribution in [3.05, 3.63) is 29.8 Å². The van der Waals surface area contributed by atoms with E-state index in [1.165, 1.54) is 95.5 Å². The fourth-order valence-electron chi connectivity index (χ4n) is 3.77. The molecule has 0 spiro atoms. The van der Waals surface area contributed by atoms with Crippen LogP contribution in [-0.4, -0.2) is 5.97 Å². The van der Waals surface area contributed by atoms with E-state index < -0.39 is 0 Å². The molecular weight excluding hydrogens is 356 g/mol. The van der Waals surface area contributed by atoms with Gasteiger partial charge in [0.1, 0.15) is 5.75 Å². The van der Waals surface area contributed by atoms with E-state index in [0.29, 0.717) is 12.2 Å². The molecule has 0 saturated carbocycles. The normalized spacial score (nSPS) is 11.0. The van der Waals surface area contributed by atoms with Gasteiger partial charge in [0.05, 0.1) is 0 Å². The minimum absolute atomic E-state index is 0.0900. The summed E-state index contributed by atoms with van der Waals surface area (Å²) in [4.78, 5) is 12.0. The molecule has 2 nitrogen and oxygen atoms in total. The van der Waals surface area contributed by atoms with Gasteiger partial charge in [-0.25, -0.2) is 0 Å². The minimum atomic E-state index is -0.0900. The highest BCUT2D eigenvalue weighted by Gasteiger charge is 2.05. The Labute approximate surface area is 180 Å². The van der Waals surface area contributed by atoms with E-state index >= 15 is 0 Å². The van der Waals surface area contributed by atoms with Crippen molar-refractivity contribution in [2.45, 2.75) is 129 Å². The maximum absolute atomic E-state index is 12.0. The molecule has 0 heterocycles. The molecule has 0 saturated heterocycles. The van der Waals surface area contributed by atoms with Gasteiger partial charge in [-0.2, -0.15) is 0 Å². The summed E-state index contributed by atoms with van der Waals surface area (Å²) < 4.78 is 5.48. The number of unbranched alkanes of at least 4 members (excludes halogenated alkanes) is 14.